The van der Waals surface area contributed by atoms with Crippen LogP contribution >= 0.6 is 11.6 Å². The number of rotatable bonds is 5. The Morgan fingerprint density at radius 2 is 1.95 bits per heavy atom. The van der Waals surface area contributed by atoms with Gasteiger partial charge in [-0.2, -0.15) is 0 Å². The van der Waals surface area contributed by atoms with E-state index in [1.807, 2.05) is 12.1 Å². The molecule has 0 aromatic heterocycles. The molecule has 1 N–H and O–H groups in total. The second kappa shape index (κ2) is 6.86. The molecule has 4 nitrogen and oxygen atoms in total. The van der Waals surface area contributed by atoms with E-state index in [-0.39, 0.29) is 6.61 Å². The third-order valence-electron chi connectivity index (χ3n) is 4.27. The van der Waals surface area contributed by atoms with Gasteiger partial charge in [-0.25, -0.2) is 0 Å². The number of hydrogen-bond acceptors (Lipinski definition) is 4. The Kier molecular flexibility index (Phi) is 4.88. The normalized spacial score (nSPS) is 18.4. The highest BCUT2D eigenvalue weighted by Gasteiger charge is 2.23. The molecule has 0 bridgehead atoms. The van der Waals surface area contributed by atoms with E-state index in [1.165, 1.54) is 25.7 Å². The summed E-state index contributed by atoms with van der Waals surface area (Å²) in [5.41, 5.74) is 1.12. The summed E-state index contributed by atoms with van der Waals surface area (Å²) >= 11 is 6.29. The lowest BCUT2D eigenvalue weighted by molar-refractivity contribution is 0.144. The van der Waals surface area contributed by atoms with E-state index < -0.39 is 0 Å². The minimum atomic E-state index is 0.189. The van der Waals surface area contributed by atoms with Crippen LogP contribution in [0.4, 0.5) is 0 Å². The molecule has 1 heterocycles. The van der Waals surface area contributed by atoms with Crippen LogP contribution in [0.3, 0.4) is 0 Å². The fourth-order valence-electron chi connectivity index (χ4n) is 3.28. The second-order valence-electron chi connectivity index (χ2n) is 5.73. The lowest BCUT2D eigenvalue weighted by Gasteiger charge is -2.29. The fraction of sp³-hybridized carbons (Fsp3) is 0.625. The Bertz CT molecular complexity index is 489. The summed E-state index contributed by atoms with van der Waals surface area (Å²) in [6, 6.07) is 4.54. The van der Waals surface area contributed by atoms with E-state index in [0.717, 1.165) is 17.9 Å². The molecule has 5 heteroatoms. The third kappa shape index (κ3) is 3.44. The number of halogens is 1. The van der Waals surface area contributed by atoms with Crippen molar-refractivity contribution in [1.29, 1.82) is 0 Å². The van der Waals surface area contributed by atoms with Crippen LogP contribution in [0, 0.1) is 0 Å². The molecule has 3 rings (SSSR count). The first-order valence-corrected chi connectivity index (χ1v) is 8.08. The highest BCUT2D eigenvalue weighted by molar-refractivity contribution is 6.32. The maximum absolute atomic E-state index is 9.31. The second-order valence-corrected chi connectivity index (χ2v) is 6.14. The smallest absolute Gasteiger partial charge is 0.179 e. The van der Waals surface area contributed by atoms with Gasteiger partial charge in [0.25, 0.3) is 0 Å². The van der Waals surface area contributed by atoms with Crippen LogP contribution in [0.5, 0.6) is 11.5 Å². The number of hydrogen-bond donors (Lipinski definition) is 1. The van der Waals surface area contributed by atoms with E-state index in [9.17, 15) is 5.11 Å². The van der Waals surface area contributed by atoms with Crippen molar-refractivity contribution in [3.8, 4) is 11.5 Å². The molecule has 0 amide bonds. The van der Waals surface area contributed by atoms with Crippen LogP contribution in [0.2, 0.25) is 5.02 Å². The Labute approximate surface area is 130 Å². The molecule has 116 valence electrons. The maximum atomic E-state index is 9.31. The lowest BCUT2D eigenvalue weighted by atomic mass is 10.1. The van der Waals surface area contributed by atoms with Crippen molar-refractivity contribution in [1.82, 2.24) is 4.90 Å². The summed E-state index contributed by atoms with van der Waals surface area (Å²) in [5.74, 6) is 1.39. The molecule has 1 aromatic carbocycles. The molecule has 1 saturated carbocycles. The van der Waals surface area contributed by atoms with Crippen molar-refractivity contribution in [3.63, 3.8) is 0 Å². The maximum Gasteiger partial charge on any atom is 0.179 e. The van der Waals surface area contributed by atoms with Crippen molar-refractivity contribution in [2.75, 3.05) is 26.4 Å². The van der Waals surface area contributed by atoms with Gasteiger partial charge in [-0.3, -0.25) is 4.90 Å². The molecule has 0 spiro atoms. The number of benzene rings is 1. The first-order chi connectivity index (χ1) is 10.3. The SMILES string of the molecule is OCCN(Cc1cc(Cl)c2c(c1)OCCO2)C1CCCC1. The molecule has 1 fully saturated rings. The van der Waals surface area contributed by atoms with Crippen LogP contribution in [-0.2, 0) is 6.54 Å². The zero-order valence-electron chi connectivity index (χ0n) is 12.2. The zero-order valence-corrected chi connectivity index (χ0v) is 12.9. The van der Waals surface area contributed by atoms with Crippen LogP contribution in [-0.4, -0.2) is 42.4 Å². The van der Waals surface area contributed by atoms with Gasteiger partial charge in [-0.1, -0.05) is 24.4 Å². The first-order valence-electron chi connectivity index (χ1n) is 7.71. The number of fused-ring (bicyclic) bond motifs is 1. The van der Waals surface area contributed by atoms with Crippen LogP contribution in [0.15, 0.2) is 12.1 Å². The Morgan fingerprint density at radius 1 is 1.19 bits per heavy atom. The molecule has 0 atom stereocenters. The molecule has 1 aliphatic heterocycles. The quantitative estimate of drug-likeness (QED) is 0.908. The van der Waals surface area contributed by atoms with E-state index in [2.05, 4.69) is 4.90 Å². The molecule has 0 saturated heterocycles. The van der Waals surface area contributed by atoms with E-state index in [0.29, 0.717) is 36.6 Å². The van der Waals surface area contributed by atoms with Crippen molar-refractivity contribution < 1.29 is 14.6 Å². The van der Waals surface area contributed by atoms with E-state index in [1.54, 1.807) is 0 Å². The van der Waals surface area contributed by atoms with Gasteiger partial charge >= 0.3 is 0 Å². The number of aliphatic hydroxyl groups excluding tert-OH is 1. The molecular formula is C16H22ClNO3. The topological polar surface area (TPSA) is 41.9 Å². The highest BCUT2D eigenvalue weighted by atomic mass is 35.5. The van der Waals surface area contributed by atoms with Crippen molar-refractivity contribution in [2.45, 2.75) is 38.3 Å². The van der Waals surface area contributed by atoms with Gasteiger partial charge in [-0.05, 0) is 30.5 Å². The fourth-order valence-corrected chi connectivity index (χ4v) is 3.57. The Hall–Kier alpha value is -0.970. The van der Waals surface area contributed by atoms with Crippen molar-refractivity contribution in [2.24, 2.45) is 0 Å². The minimum absolute atomic E-state index is 0.189. The molecule has 1 aromatic rings. The molecule has 2 aliphatic rings. The number of nitrogens with zero attached hydrogens (tertiary/aromatic N) is 1. The number of aliphatic hydroxyl groups is 1. The average Bonchev–Trinajstić information content (AvgIpc) is 3.01. The molecule has 21 heavy (non-hydrogen) atoms. The van der Waals surface area contributed by atoms with E-state index >= 15 is 0 Å². The van der Waals surface area contributed by atoms with Crippen LogP contribution in [0.25, 0.3) is 0 Å². The number of ether oxygens (including phenoxy) is 2. The summed E-state index contributed by atoms with van der Waals surface area (Å²) < 4.78 is 11.2. The Morgan fingerprint density at radius 3 is 2.71 bits per heavy atom. The largest absolute Gasteiger partial charge is 0.486 e. The monoisotopic (exact) mass is 311 g/mol. The predicted octanol–water partition coefficient (Wildman–Crippen LogP) is 2.85. The van der Waals surface area contributed by atoms with Gasteiger partial charge in [-0.15, -0.1) is 0 Å². The summed E-state index contributed by atoms with van der Waals surface area (Å²) in [5, 5.41) is 9.92. The van der Waals surface area contributed by atoms with Crippen molar-refractivity contribution >= 4 is 11.6 Å². The summed E-state index contributed by atoms with van der Waals surface area (Å²) in [4.78, 5) is 2.36. The Balaban J connectivity index is 1.77. The van der Waals surface area contributed by atoms with Gasteiger partial charge in [0.2, 0.25) is 0 Å². The van der Waals surface area contributed by atoms with Crippen LogP contribution < -0.4 is 9.47 Å². The predicted molar refractivity (Wildman–Crippen MR) is 82.2 cm³/mol. The van der Waals surface area contributed by atoms with Gasteiger partial charge in [0.1, 0.15) is 13.2 Å². The third-order valence-corrected chi connectivity index (χ3v) is 4.55. The summed E-state index contributed by atoms with van der Waals surface area (Å²) in [6.07, 6.45) is 5.01. The average molecular weight is 312 g/mol. The van der Waals surface area contributed by atoms with Gasteiger partial charge in [0.05, 0.1) is 11.6 Å². The molecule has 1 aliphatic carbocycles. The van der Waals surface area contributed by atoms with Crippen molar-refractivity contribution in [3.05, 3.63) is 22.7 Å². The first kappa shape index (κ1) is 14.9. The zero-order chi connectivity index (χ0) is 14.7. The standard InChI is InChI=1S/C16H22ClNO3/c17-14-9-12(10-15-16(14)21-8-7-20-15)11-18(5-6-19)13-3-1-2-4-13/h9-10,13,19H,1-8,11H2. The van der Waals surface area contributed by atoms with Gasteiger partial charge < -0.3 is 14.6 Å². The summed E-state index contributed by atoms with van der Waals surface area (Å²) in [7, 11) is 0. The molecule has 0 unspecified atom stereocenters. The summed E-state index contributed by atoms with van der Waals surface area (Å²) in [6.45, 7) is 2.80. The van der Waals surface area contributed by atoms with Gasteiger partial charge in [0, 0.05) is 19.1 Å². The minimum Gasteiger partial charge on any atom is -0.486 e. The van der Waals surface area contributed by atoms with Crippen LogP contribution in [0.1, 0.15) is 31.2 Å². The molecular weight excluding hydrogens is 290 g/mol. The lowest BCUT2D eigenvalue weighted by Crippen LogP contribution is -2.35. The molecule has 0 radical (unpaired) electrons. The highest BCUT2D eigenvalue weighted by Crippen LogP contribution is 2.39. The van der Waals surface area contributed by atoms with Gasteiger partial charge in [0.15, 0.2) is 11.5 Å². The van der Waals surface area contributed by atoms with E-state index in [4.69, 9.17) is 21.1 Å².